The molecular formula is C26H27N3O2. The van der Waals surface area contributed by atoms with Gasteiger partial charge in [-0.25, -0.2) is 4.98 Å². The van der Waals surface area contributed by atoms with Gasteiger partial charge in [-0.05, 0) is 46.5 Å². The van der Waals surface area contributed by atoms with Crippen LogP contribution in [0.15, 0.2) is 59.4 Å². The third-order valence-electron chi connectivity index (χ3n) is 5.72. The van der Waals surface area contributed by atoms with Crippen molar-refractivity contribution in [3.8, 4) is 0 Å². The molecule has 1 aromatic heterocycles. The van der Waals surface area contributed by atoms with Crippen LogP contribution in [0.2, 0.25) is 0 Å². The van der Waals surface area contributed by atoms with Crippen LogP contribution < -0.4 is 10.9 Å². The third-order valence-corrected chi connectivity index (χ3v) is 5.72. The number of anilines is 1. The van der Waals surface area contributed by atoms with Gasteiger partial charge in [0.25, 0.3) is 5.56 Å². The summed E-state index contributed by atoms with van der Waals surface area (Å²) in [4.78, 5) is 32.3. The predicted molar refractivity (Wildman–Crippen MR) is 127 cm³/mol. The summed E-state index contributed by atoms with van der Waals surface area (Å²) in [6, 6.07) is 18.7. The fourth-order valence-electron chi connectivity index (χ4n) is 4.08. The van der Waals surface area contributed by atoms with Gasteiger partial charge in [-0.1, -0.05) is 68.3 Å². The Morgan fingerprint density at radius 2 is 1.61 bits per heavy atom. The summed E-state index contributed by atoms with van der Waals surface area (Å²) in [5.41, 5.74) is 2.14. The second-order valence-electron chi connectivity index (χ2n) is 7.96. The van der Waals surface area contributed by atoms with E-state index in [0.29, 0.717) is 24.1 Å². The molecule has 4 aromatic rings. The number of unbranched alkanes of at least 4 members (excludes halogenated alkanes) is 2. The van der Waals surface area contributed by atoms with Crippen molar-refractivity contribution in [2.75, 3.05) is 5.32 Å². The molecule has 0 radical (unpaired) electrons. The molecule has 0 atom stereocenters. The Bertz CT molecular complexity index is 1250. The molecular weight excluding hydrogens is 386 g/mol. The molecule has 0 saturated carbocycles. The number of amides is 1. The minimum Gasteiger partial charge on any atom is -0.296 e. The number of carbonyl (C=O) groups is 1. The number of aryl methyl sites for hydroxylation is 1. The van der Waals surface area contributed by atoms with E-state index < -0.39 is 0 Å². The zero-order valence-corrected chi connectivity index (χ0v) is 18.0. The number of hydrogen-bond donors (Lipinski definition) is 2. The van der Waals surface area contributed by atoms with Crippen molar-refractivity contribution in [3.05, 3.63) is 81.8 Å². The molecule has 0 aliphatic heterocycles. The van der Waals surface area contributed by atoms with Gasteiger partial charge >= 0.3 is 0 Å². The number of rotatable bonds is 7. The van der Waals surface area contributed by atoms with E-state index in [9.17, 15) is 9.59 Å². The van der Waals surface area contributed by atoms with Gasteiger partial charge in [0.1, 0.15) is 0 Å². The summed E-state index contributed by atoms with van der Waals surface area (Å²) in [6.07, 6.45) is 3.80. The number of aromatic nitrogens is 2. The number of carbonyl (C=O) groups excluding carboxylic acids is 1. The van der Waals surface area contributed by atoms with Gasteiger partial charge in [0.15, 0.2) is 0 Å². The SMILES string of the molecule is CCCCCC(=O)Nc1nc(C)c(Cc2c3ccccc3cc3ccccc23)c(=O)[nH]1. The van der Waals surface area contributed by atoms with Crippen molar-refractivity contribution < 1.29 is 4.79 Å². The molecule has 0 saturated heterocycles. The van der Waals surface area contributed by atoms with Gasteiger partial charge in [-0.15, -0.1) is 0 Å². The lowest BCUT2D eigenvalue weighted by atomic mass is 9.92. The Hall–Kier alpha value is -3.47. The summed E-state index contributed by atoms with van der Waals surface area (Å²) in [6.45, 7) is 3.92. The van der Waals surface area contributed by atoms with Crippen molar-refractivity contribution in [2.24, 2.45) is 0 Å². The maximum absolute atomic E-state index is 12.9. The quantitative estimate of drug-likeness (QED) is 0.311. The third kappa shape index (κ3) is 4.50. The average molecular weight is 414 g/mol. The first-order valence-electron chi connectivity index (χ1n) is 10.9. The van der Waals surface area contributed by atoms with E-state index in [1.54, 1.807) is 0 Å². The molecule has 5 nitrogen and oxygen atoms in total. The first-order chi connectivity index (χ1) is 15.1. The van der Waals surface area contributed by atoms with E-state index in [4.69, 9.17) is 0 Å². The van der Waals surface area contributed by atoms with Crippen LogP contribution in [0.4, 0.5) is 5.95 Å². The summed E-state index contributed by atoms with van der Waals surface area (Å²) in [7, 11) is 0. The van der Waals surface area contributed by atoms with Gasteiger partial charge in [0, 0.05) is 18.4 Å². The largest absolute Gasteiger partial charge is 0.296 e. The highest BCUT2D eigenvalue weighted by molar-refractivity contribution is 6.02. The van der Waals surface area contributed by atoms with Crippen LogP contribution >= 0.6 is 0 Å². The Labute approximate surface area is 181 Å². The zero-order chi connectivity index (χ0) is 21.8. The molecule has 5 heteroatoms. The van der Waals surface area contributed by atoms with Crippen molar-refractivity contribution in [3.63, 3.8) is 0 Å². The second kappa shape index (κ2) is 9.13. The topological polar surface area (TPSA) is 74.8 Å². The lowest BCUT2D eigenvalue weighted by molar-refractivity contribution is -0.116. The lowest BCUT2D eigenvalue weighted by Crippen LogP contribution is -2.22. The van der Waals surface area contributed by atoms with E-state index in [2.05, 4.69) is 52.5 Å². The van der Waals surface area contributed by atoms with Crippen LogP contribution in [0.25, 0.3) is 21.5 Å². The van der Waals surface area contributed by atoms with E-state index in [0.717, 1.165) is 46.4 Å². The fourth-order valence-corrected chi connectivity index (χ4v) is 4.08. The molecule has 0 fully saturated rings. The molecule has 0 unspecified atom stereocenters. The van der Waals surface area contributed by atoms with Gasteiger partial charge in [-0.2, -0.15) is 0 Å². The van der Waals surface area contributed by atoms with Crippen LogP contribution in [0, 0.1) is 6.92 Å². The lowest BCUT2D eigenvalue weighted by Gasteiger charge is -2.13. The Morgan fingerprint density at radius 1 is 0.968 bits per heavy atom. The van der Waals surface area contributed by atoms with Gasteiger partial charge in [0.05, 0.1) is 5.69 Å². The maximum Gasteiger partial charge on any atom is 0.256 e. The summed E-state index contributed by atoms with van der Waals surface area (Å²) >= 11 is 0. The average Bonchev–Trinajstić information content (AvgIpc) is 2.75. The second-order valence-corrected chi connectivity index (χ2v) is 7.96. The van der Waals surface area contributed by atoms with E-state index in [-0.39, 0.29) is 17.4 Å². The zero-order valence-electron chi connectivity index (χ0n) is 18.0. The van der Waals surface area contributed by atoms with Crippen molar-refractivity contribution in [2.45, 2.75) is 46.0 Å². The molecule has 0 aliphatic carbocycles. The highest BCUT2D eigenvalue weighted by Crippen LogP contribution is 2.30. The molecule has 0 bridgehead atoms. The first kappa shape index (κ1) is 20.8. The number of nitrogens with one attached hydrogen (secondary N) is 2. The van der Waals surface area contributed by atoms with Crippen LogP contribution in [0.3, 0.4) is 0 Å². The Morgan fingerprint density at radius 3 is 2.23 bits per heavy atom. The number of nitrogens with zero attached hydrogens (tertiary/aromatic N) is 1. The molecule has 0 spiro atoms. The van der Waals surface area contributed by atoms with Gasteiger partial charge in [0.2, 0.25) is 11.9 Å². The minimum absolute atomic E-state index is 0.121. The first-order valence-corrected chi connectivity index (χ1v) is 10.9. The number of benzene rings is 3. The van der Waals surface area contributed by atoms with Crippen molar-refractivity contribution in [1.29, 1.82) is 0 Å². The Kier molecular flexibility index (Phi) is 6.12. The standard InChI is InChI=1S/C26H27N3O2/c1-3-4-5-14-24(30)28-26-27-17(2)22(25(31)29-26)16-23-20-12-8-6-10-18(20)15-19-11-7-9-13-21(19)23/h6-13,15H,3-5,14,16H2,1-2H3,(H2,27,28,29,30,31). The summed E-state index contributed by atoms with van der Waals surface area (Å²) in [5.74, 6) is 0.0966. The number of H-pyrrole nitrogens is 1. The Balaban J connectivity index is 1.69. The normalized spacial score (nSPS) is 11.2. The predicted octanol–water partition coefficient (Wildman–Crippen LogP) is 5.49. The van der Waals surface area contributed by atoms with Crippen molar-refractivity contribution in [1.82, 2.24) is 9.97 Å². The molecule has 158 valence electrons. The van der Waals surface area contributed by atoms with Gasteiger partial charge < -0.3 is 0 Å². The van der Waals surface area contributed by atoms with Crippen molar-refractivity contribution >= 4 is 33.4 Å². The highest BCUT2D eigenvalue weighted by Gasteiger charge is 2.14. The fraction of sp³-hybridized carbons (Fsp3) is 0.269. The van der Waals surface area contributed by atoms with Crippen LogP contribution in [0.5, 0.6) is 0 Å². The molecule has 3 aromatic carbocycles. The number of aromatic amines is 1. The molecule has 2 N–H and O–H groups in total. The number of hydrogen-bond acceptors (Lipinski definition) is 3. The van der Waals surface area contributed by atoms with Gasteiger partial charge in [-0.3, -0.25) is 19.9 Å². The van der Waals surface area contributed by atoms with Crippen LogP contribution in [-0.2, 0) is 11.2 Å². The van der Waals surface area contributed by atoms with E-state index in [1.165, 1.54) is 0 Å². The monoisotopic (exact) mass is 413 g/mol. The number of fused-ring (bicyclic) bond motifs is 2. The van der Waals surface area contributed by atoms with Crippen LogP contribution in [-0.4, -0.2) is 15.9 Å². The summed E-state index contributed by atoms with van der Waals surface area (Å²) in [5, 5.41) is 7.29. The summed E-state index contributed by atoms with van der Waals surface area (Å²) < 4.78 is 0. The molecule has 1 heterocycles. The molecule has 4 rings (SSSR count). The maximum atomic E-state index is 12.9. The highest BCUT2D eigenvalue weighted by atomic mass is 16.2. The molecule has 0 aliphatic rings. The van der Waals surface area contributed by atoms with Crippen LogP contribution in [0.1, 0.15) is 49.4 Å². The van der Waals surface area contributed by atoms with E-state index in [1.807, 2.05) is 31.2 Å². The molecule has 1 amide bonds. The van der Waals surface area contributed by atoms with E-state index >= 15 is 0 Å². The minimum atomic E-state index is -0.214. The smallest absolute Gasteiger partial charge is 0.256 e. The molecule has 31 heavy (non-hydrogen) atoms.